The molecule has 0 aliphatic rings. The largest absolute Gasteiger partial charge is 0.327 e. The highest BCUT2D eigenvalue weighted by Crippen LogP contribution is 2.33. The van der Waals surface area contributed by atoms with Crippen LogP contribution in [-0.4, -0.2) is 6.54 Å². The summed E-state index contributed by atoms with van der Waals surface area (Å²) >= 11 is 0. The van der Waals surface area contributed by atoms with Gasteiger partial charge < -0.3 is 5.73 Å². The quantitative estimate of drug-likeness (QED) is 0.771. The van der Waals surface area contributed by atoms with Crippen LogP contribution in [-0.2, 0) is 11.8 Å². The molecule has 0 spiro atoms. The molecule has 0 saturated carbocycles. The number of rotatable bonds is 5. The Morgan fingerprint density at radius 1 is 1.26 bits per heavy atom. The Bertz CT molecular complexity index is 435. The number of benzene rings is 1. The molecule has 19 heavy (non-hydrogen) atoms. The molecule has 0 bridgehead atoms. The predicted molar refractivity (Wildman–Crippen MR) is 85.7 cm³/mol. The number of hydrogen-bond donors (Lipinski definition) is 1. The van der Waals surface area contributed by atoms with Crippen LogP contribution in [0.3, 0.4) is 0 Å². The lowest BCUT2D eigenvalue weighted by atomic mass is 9.78. The summed E-state index contributed by atoms with van der Waals surface area (Å²) in [6, 6.07) is 6.72. The first-order chi connectivity index (χ1) is 8.77. The van der Waals surface area contributed by atoms with Crippen molar-refractivity contribution in [2.24, 2.45) is 5.73 Å². The normalized spacial score (nSPS) is 11.9. The van der Waals surface area contributed by atoms with Crippen LogP contribution in [0.4, 0.5) is 0 Å². The van der Waals surface area contributed by atoms with Crippen molar-refractivity contribution >= 4 is 0 Å². The summed E-state index contributed by atoms with van der Waals surface area (Å²) in [6.07, 6.45) is 2.04. The monoisotopic (exact) mass is 259 g/mol. The van der Waals surface area contributed by atoms with Gasteiger partial charge in [0.2, 0.25) is 0 Å². The Labute approximate surface area is 118 Å². The second-order valence-electron chi connectivity index (χ2n) is 6.74. The molecule has 0 aliphatic heterocycles. The van der Waals surface area contributed by atoms with Gasteiger partial charge in [0.15, 0.2) is 0 Å². The van der Waals surface area contributed by atoms with Crippen molar-refractivity contribution in [1.29, 1.82) is 0 Å². The van der Waals surface area contributed by atoms with Gasteiger partial charge in [0, 0.05) is 6.54 Å². The summed E-state index contributed by atoms with van der Waals surface area (Å²) in [5.41, 5.74) is 11.4. The molecular formula is C18H29N. The lowest BCUT2D eigenvalue weighted by Crippen LogP contribution is -2.16. The van der Waals surface area contributed by atoms with E-state index in [0.717, 1.165) is 18.4 Å². The molecule has 1 rings (SSSR count). The van der Waals surface area contributed by atoms with E-state index in [1.807, 2.05) is 0 Å². The molecule has 0 radical (unpaired) electrons. The van der Waals surface area contributed by atoms with Gasteiger partial charge in [0.1, 0.15) is 0 Å². The Balaban J connectivity index is 3.14. The van der Waals surface area contributed by atoms with Crippen molar-refractivity contribution in [3.63, 3.8) is 0 Å². The van der Waals surface area contributed by atoms with Crippen molar-refractivity contribution in [2.75, 3.05) is 6.54 Å². The van der Waals surface area contributed by atoms with Crippen LogP contribution in [0.5, 0.6) is 0 Å². The third-order valence-corrected chi connectivity index (χ3v) is 3.62. The van der Waals surface area contributed by atoms with Gasteiger partial charge in [0.05, 0.1) is 0 Å². The fourth-order valence-corrected chi connectivity index (χ4v) is 2.58. The summed E-state index contributed by atoms with van der Waals surface area (Å²) in [6.45, 7) is 16.0. The molecule has 2 N–H and O–H groups in total. The lowest BCUT2D eigenvalue weighted by molar-refractivity contribution is 0.574. The number of hydrogen-bond acceptors (Lipinski definition) is 1. The van der Waals surface area contributed by atoms with Crippen LogP contribution in [0.25, 0.3) is 0 Å². The minimum Gasteiger partial charge on any atom is -0.327 e. The summed E-state index contributed by atoms with van der Waals surface area (Å²) in [5.74, 6) is 0.552. The fourth-order valence-electron chi connectivity index (χ4n) is 2.58. The van der Waals surface area contributed by atoms with Crippen LogP contribution in [0.15, 0.2) is 30.4 Å². The van der Waals surface area contributed by atoms with Gasteiger partial charge >= 0.3 is 0 Å². The molecule has 0 saturated heterocycles. The number of aryl methyl sites for hydroxylation is 1. The van der Waals surface area contributed by atoms with Crippen molar-refractivity contribution in [1.82, 2.24) is 0 Å². The van der Waals surface area contributed by atoms with E-state index in [-0.39, 0.29) is 5.41 Å². The SMILES string of the molecule is C=C(CN)CCc1cccc(C(C)(C)C)c1C(C)C. The highest BCUT2D eigenvalue weighted by Gasteiger charge is 2.21. The highest BCUT2D eigenvalue weighted by atomic mass is 14.5. The predicted octanol–water partition coefficient (Wildman–Crippen LogP) is 4.56. The summed E-state index contributed by atoms with van der Waals surface area (Å²) < 4.78 is 0. The first-order valence-electron chi connectivity index (χ1n) is 7.26. The van der Waals surface area contributed by atoms with E-state index in [2.05, 4.69) is 59.4 Å². The summed E-state index contributed by atoms with van der Waals surface area (Å²) in [4.78, 5) is 0. The second-order valence-corrected chi connectivity index (χ2v) is 6.74. The van der Waals surface area contributed by atoms with Crippen LogP contribution in [0.2, 0.25) is 0 Å². The first kappa shape index (κ1) is 16.0. The second kappa shape index (κ2) is 6.38. The Hall–Kier alpha value is -1.08. The van der Waals surface area contributed by atoms with E-state index in [4.69, 9.17) is 5.73 Å². The average molecular weight is 259 g/mol. The molecule has 1 heteroatoms. The van der Waals surface area contributed by atoms with Crippen molar-refractivity contribution < 1.29 is 0 Å². The number of nitrogens with two attached hydrogens (primary N) is 1. The zero-order chi connectivity index (χ0) is 14.6. The van der Waals surface area contributed by atoms with E-state index >= 15 is 0 Å². The van der Waals surface area contributed by atoms with Gasteiger partial charge in [0.25, 0.3) is 0 Å². The van der Waals surface area contributed by atoms with Crippen molar-refractivity contribution in [2.45, 2.75) is 58.8 Å². The third-order valence-electron chi connectivity index (χ3n) is 3.62. The Morgan fingerprint density at radius 2 is 1.89 bits per heavy atom. The Kier molecular flexibility index (Phi) is 5.37. The molecule has 1 aromatic carbocycles. The average Bonchev–Trinajstić information content (AvgIpc) is 2.34. The van der Waals surface area contributed by atoms with Gasteiger partial charge in [-0.1, -0.05) is 65.0 Å². The fraction of sp³-hybridized carbons (Fsp3) is 0.556. The van der Waals surface area contributed by atoms with E-state index in [1.54, 1.807) is 0 Å². The maximum Gasteiger partial charge on any atom is 0.0134 e. The molecule has 0 unspecified atom stereocenters. The molecular weight excluding hydrogens is 230 g/mol. The van der Waals surface area contributed by atoms with Crippen molar-refractivity contribution in [3.8, 4) is 0 Å². The standard InChI is InChI=1S/C18H29N/c1-13(2)17-15(11-10-14(3)12-19)8-7-9-16(17)18(4,5)6/h7-9,13H,3,10-12,19H2,1-2,4-6H3. The topological polar surface area (TPSA) is 26.0 Å². The van der Waals surface area contributed by atoms with E-state index in [1.165, 1.54) is 16.7 Å². The zero-order valence-electron chi connectivity index (χ0n) is 13.2. The molecule has 0 heterocycles. The van der Waals surface area contributed by atoms with Crippen LogP contribution < -0.4 is 5.73 Å². The van der Waals surface area contributed by atoms with Crippen LogP contribution in [0.1, 0.15) is 63.6 Å². The van der Waals surface area contributed by atoms with Gasteiger partial charge in [-0.05, 0) is 40.9 Å². The van der Waals surface area contributed by atoms with Gasteiger partial charge in [-0.2, -0.15) is 0 Å². The van der Waals surface area contributed by atoms with Crippen molar-refractivity contribution in [3.05, 3.63) is 47.0 Å². The maximum absolute atomic E-state index is 5.63. The van der Waals surface area contributed by atoms with E-state index < -0.39 is 0 Å². The minimum absolute atomic E-state index is 0.195. The highest BCUT2D eigenvalue weighted by molar-refractivity contribution is 5.41. The van der Waals surface area contributed by atoms with E-state index in [9.17, 15) is 0 Å². The first-order valence-corrected chi connectivity index (χ1v) is 7.26. The molecule has 0 aromatic heterocycles. The smallest absolute Gasteiger partial charge is 0.0134 e. The summed E-state index contributed by atoms with van der Waals surface area (Å²) in [7, 11) is 0. The third kappa shape index (κ3) is 4.21. The van der Waals surface area contributed by atoms with Crippen LogP contribution in [0, 0.1) is 0 Å². The van der Waals surface area contributed by atoms with Gasteiger partial charge in [-0.25, -0.2) is 0 Å². The molecule has 1 aromatic rings. The zero-order valence-corrected chi connectivity index (χ0v) is 13.2. The molecule has 0 amide bonds. The molecule has 1 nitrogen and oxygen atoms in total. The molecule has 0 fully saturated rings. The molecule has 0 atom stereocenters. The Morgan fingerprint density at radius 3 is 2.37 bits per heavy atom. The van der Waals surface area contributed by atoms with Gasteiger partial charge in [-0.15, -0.1) is 0 Å². The molecule has 0 aliphatic carbocycles. The van der Waals surface area contributed by atoms with Gasteiger partial charge in [-0.3, -0.25) is 0 Å². The minimum atomic E-state index is 0.195. The van der Waals surface area contributed by atoms with Crippen LogP contribution >= 0.6 is 0 Å². The van der Waals surface area contributed by atoms with E-state index in [0.29, 0.717) is 12.5 Å². The summed E-state index contributed by atoms with van der Waals surface area (Å²) in [5, 5.41) is 0. The molecule has 106 valence electrons. The lowest BCUT2D eigenvalue weighted by Gasteiger charge is -2.27. The maximum atomic E-state index is 5.63.